The zero-order valence-electron chi connectivity index (χ0n) is 11.7. The molecular formula is C15H9F3N2O2Se. The van der Waals surface area contributed by atoms with E-state index in [1.54, 1.807) is 6.92 Å². The van der Waals surface area contributed by atoms with Crippen LogP contribution in [0.15, 0.2) is 36.0 Å². The number of carbonyl (C=O) groups excluding carboxylic acids is 2. The Morgan fingerprint density at radius 3 is 2.39 bits per heavy atom. The molecule has 0 atom stereocenters. The summed E-state index contributed by atoms with van der Waals surface area (Å²) in [6.45, 7) is 1.75. The standard InChI is InChI=1S/C15H9F3N2O2Se/c1-7-19-12-13(22)10(6-11(21)14(12)23-7)20-9-4-2-8(3-5-9)15(16,17)18/h2-6,20H,1H3. The second-order valence-electron chi connectivity index (χ2n) is 4.86. The summed E-state index contributed by atoms with van der Waals surface area (Å²) in [5.41, 5.74) is -0.336. The first-order valence-corrected chi connectivity index (χ1v) is 8.19. The fourth-order valence-corrected chi connectivity index (χ4v) is 3.86. The van der Waals surface area contributed by atoms with E-state index in [4.69, 9.17) is 0 Å². The predicted molar refractivity (Wildman–Crippen MR) is 77.7 cm³/mol. The summed E-state index contributed by atoms with van der Waals surface area (Å²) < 4.78 is 38.7. The van der Waals surface area contributed by atoms with Crippen molar-refractivity contribution in [3.05, 3.63) is 56.3 Å². The molecule has 0 spiro atoms. The van der Waals surface area contributed by atoms with E-state index in [-0.39, 0.29) is 31.7 Å². The van der Waals surface area contributed by atoms with Gasteiger partial charge in [-0.1, -0.05) is 0 Å². The first-order chi connectivity index (χ1) is 10.8. The van der Waals surface area contributed by atoms with Gasteiger partial charge in [-0.3, -0.25) is 0 Å². The van der Waals surface area contributed by atoms with Crippen molar-refractivity contribution in [3.8, 4) is 0 Å². The van der Waals surface area contributed by atoms with Gasteiger partial charge in [-0.2, -0.15) is 0 Å². The van der Waals surface area contributed by atoms with Gasteiger partial charge in [0.15, 0.2) is 0 Å². The molecule has 1 aliphatic carbocycles. The molecule has 118 valence electrons. The van der Waals surface area contributed by atoms with Crippen molar-refractivity contribution >= 4 is 31.8 Å². The molecule has 4 nitrogen and oxygen atoms in total. The topological polar surface area (TPSA) is 59.1 Å². The maximum absolute atomic E-state index is 12.5. The van der Waals surface area contributed by atoms with Crippen LogP contribution >= 0.6 is 0 Å². The van der Waals surface area contributed by atoms with E-state index >= 15 is 0 Å². The number of alkyl halides is 3. The van der Waals surface area contributed by atoms with Crippen LogP contribution in [0.2, 0.25) is 0 Å². The summed E-state index contributed by atoms with van der Waals surface area (Å²) in [7, 11) is 0. The molecule has 1 aliphatic rings. The molecule has 1 aromatic heterocycles. The molecule has 1 aromatic carbocycles. The maximum atomic E-state index is 12.5. The van der Waals surface area contributed by atoms with Crippen LogP contribution in [0.5, 0.6) is 0 Å². The first-order valence-electron chi connectivity index (χ1n) is 6.48. The molecule has 1 N–H and O–H groups in total. The number of rotatable bonds is 2. The van der Waals surface area contributed by atoms with E-state index in [1.165, 1.54) is 18.2 Å². The first kappa shape index (κ1) is 15.7. The van der Waals surface area contributed by atoms with Crippen LogP contribution in [-0.4, -0.2) is 31.1 Å². The minimum absolute atomic E-state index is 0.0164. The third-order valence-electron chi connectivity index (χ3n) is 3.18. The van der Waals surface area contributed by atoms with Crippen LogP contribution in [0, 0.1) is 6.92 Å². The van der Waals surface area contributed by atoms with Crippen molar-refractivity contribution in [3.63, 3.8) is 0 Å². The number of allylic oxidation sites excluding steroid dienone is 2. The molecule has 0 radical (unpaired) electrons. The molecule has 0 unspecified atom stereocenters. The van der Waals surface area contributed by atoms with E-state index in [1.807, 2.05) is 0 Å². The van der Waals surface area contributed by atoms with Crippen molar-refractivity contribution in [2.24, 2.45) is 0 Å². The van der Waals surface area contributed by atoms with Gasteiger partial charge in [0, 0.05) is 0 Å². The van der Waals surface area contributed by atoms with Crippen molar-refractivity contribution in [2.45, 2.75) is 13.1 Å². The van der Waals surface area contributed by atoms with Gasteiger partial charge in [0.2, 0.25) is 0 Å². The van der Waals surface area contributed by atoms with Gasteiger partial charge in [-0.15, -0.1) is 0 Å². The minimum atomic E-state index is -4.42. The van der Waals surface area contributed by atoms with Crippen molar-refractivity contribution in [2.75, 3.05) is 5.32 Å². The molecule has 0 saturated carbocycles. The fourth-order valence-electron chi connectivity index (χ4n) is 2.13. The average Bonchev–Trinajstić information content (AvgIpc) is 2.87. The summed E-state index contributed by atoms with van der Waals surface area (Å²) in [4.78, 5) is 28.4. The molecule has 8 heteroatoms. The average molecular weight is 385 g/mol. The molecule has 1 heterocycles. The Hall–Kier alpha value is -2.18. The van der Waals surface area contributed by atoms with Crippen LogP contribution in [0.4, 0.5) is 18.9 Å². The Kier molecular flexibility index (Phi) is 3.74. The summed E-state index contributed by atoms with van der Waals surface area (Å²) >= 11 is -0.238. The van der Waals surface area contributed by atoms with Crippen LogP contribution in [0.25, 0.3) is 0 Å². The quantitative estimate of drug-likeness (QED) is 0.808. The molecular weight excluding hydrogens is 376 g/mol. The van der Waals surface area contributed by atoms with Gasteiger partial charge in [-0.25, -0.2) is 0 Å². The number of Topliss-reactive ketones (excluding diaryl/α,β-unsaturated/α-hetero) is 1. The van der Waals surface area contributed by atoms with Crippen LogP contribution in [0.3, 0.4) is 0 Å². The molecule has 0 saturated heterocycles. The number of ketones is 2. The molecule has 23 heavy (non-hydrogen) atoms. The molecule has 3 rings (SSSR count). The number of hydrogen-bond acceptors (Lipinski definition) is 4. The summed E-state index contributed by atoms with van der Waals surface area (Å²) in [6.07, 6.45) is -3.25. The Balaban J connectivity index is 1.86. The van der Waals surface area contributed by atoms with Crippen LogP contribution in [-0.2, 0) is 6.18 Å². The zero-order valence-corrected chi connectivity index (χ0v) is 13.4. The summed E-state index contributed by atoms with van der Waals surface area (Å²) in [5.74, 6) is -0.701. The number of benzene rings is 1. The number of nitrogens with zero attached hydrogens (tertiary/aromatic N) is 1. The number of aryl methyl sites for hydroxylation is 1. The molecule has 0 amide bonds. The van der Waals surface area contributed by atoms with Crippen molar-refractivity contribution in [1.29, 1.82) is 0 Å². The number of aromatic nitrogens is 1. The summed E-state index contributed by atoms with van der Waals surface area (Å²) in [5, 5.41) is 2.69. The van der Waals surface area contributed by atoms with Gasteiger partial charge < -0.3 is 0 Å². The van der Waals surface area contributed by atoms with Gasteiger partial charge in [0.1, 0.15) is 0 Å². The molecule has 0 aliphatic heterocycles. The van der Waals surface area contributed by atoms with Gasteiger partial charge in [0.05, 0.1) is 0 Å². The normalized spacial score (nSPS) is 14.5. The van der Waals surface area contributed by atoms with E-state index in [0.717, 1.165) is 16.7 Å². The van der Waals surface area contributed by atoms with E-state index in [0.29, 0.717) is 10.1 Å². The number of halogens is 3. The third-order valence-corrected chi connectivity index (χ3v) is 5.25. The number of nitrogens with one attached hydrogen (secondary N) is 1. The Bertz CT molecular complexity index is 835. The number of anilines is 1. The van der Waals surface area contributed by atoms with Gasteiger partial charge in [-0.05, 0) is 0 Å². The number of carbonyl (C=O) groups is 2. The van der Waals surface area contributed by atoms with Crippen molar-refractivity contribution in [1.82, 2.24) is 4.98 Å². The second-order valence-corrected chi connectivity index (χ2v) is 7.39. The predicted octanol–water partition coefficient (Wildman–Crippen LogP) is 2.84. The van der Waals surface area contributed by atoms with Gasteiger partial charge in [0.25, 0.3) is 0 Å². The second kappa shape index (κ2) is 5.47. The molecule has 0 fully saturated rings. The van der Waals surface area contributed by atoms with Crippen LogP contribution in [0.1, 0.15) is 29.9 Å². The van der Waals surface area contributed by atoms with E-state index < -0.39 is 17.5 Å². The summed E-state index contributed by atoms with van der Waals surface area (Å²) in [6, 6.07) is 4.23. The Morgan fingerprint density at radius 2 is 1.78 bits per heavy atom. The molecule has 2 aromatic rings. The zero-order chi connectivity index (χ0) is 16.8. The Labute approximate surface area is 134 Å². The van der Waals surface area contributed by atoms with Crippen molar-refractivity contribution < 1.29 is 22.8 Å². The van der Waals surface area contributed by atoms with E-state index in [2.05, 4.69) is 10.3 Å². The van der Waals surface area contributed by atoms with E-state index in [9.17, 15) is 22.8 Å². The third kappa shape index (κ3) is 3.00. The number of hydrogen-bond donors (Lipinski definition) is 1. The number of fused-ring (bicyclic) bond motifs is 1. The Morgan fingerprint density at radius 1 is 1.13 bits per heavy atom. The fraction of sp³-hybridized carbons (Fsp3) is 0.133. The monoisotopic (exact) mass is 386 g/mol. The SMILES string of the molecule is Cc1nc2c([se]1)C(=O)C=C(Nc1ccc(C(F)(F)F)cc1)C2=O. The molecule has 0 bridgehead atoms. The van der Waals surface area contributed by atoms with Crippen LogP contribution < -0.4 is 5.32 Å². The van der Waals surface area contributed by atoms with Gasteiger partial charge >= 0.3 is 134 Å².